The summed E-state index contributed by atoms with van der Waals surface area (Å²) in [4.78, 5) is 11.5. The number of carbonyl (C=O) groups is 1. The molecule has 0 spiro atoms. The fourth-order valence-corrected chi connectivity index (χ4v) is 1.06. The van der Waals surface area contributed by atoms with Gasteiger partial charge >= 0.3 is 6.61 Å². The van der Waals surface area contributed by atoms with Crippen molar-refractivity contribution in [2.75, 3.05) is 0 Å². The van der Waals surface area contributed by atoms with E-state index in [1.54, 1.807) is 0 Å². The molecule has 0 aliphatic heterocycles. The number of hydrogen-bond acceptors (Lipinski definition) is 3. The van der Waals surface area contributed by atoms with Crippen LogP contribution in [0.3, 0.4) is 0 Å². The normalized spacial score (nSPS) is 9.82. The number of carbonyl (C=O) groups excluding carboxylic acids is 1. The van der Waals surface area contributed by atoms with E-state index in [-0.39, 0.29) is 16.4 Å². The van der Waals surface area contributed by atoms with E-state index >= 15 is 0 Å². The summed E-state index contributed by atoms with van der Waals surface area (Å²) in [6.07, 6.45) is 0. The fraction of sp³-hybridized carbons (Fsp3) is 0.111. The highest BCUT2D eigenvalue weighted by molar-refractivity contribution is 7.80. The maximum Gasteiger partial charge on any atom is 0.387 e. The number of halogens is 2. The van der Waals surface area contributed by atoms with Crippen LogP contribution in [0.4, 0.5) is 8.78 Å². The molecule has 0 radical (unpaired) electrons. The smallest absolute Gasteiger partial charge is 0.387 e. The molecule has 0 unspecified atom stereocenters. The maximum absolute atomic E-state index is 11.9. The zero-order chi connectivity index (χ0) is 12.8. The molecule has 0 saturated carbocycles. The van der Waals surface area contributed by atoms with Crippen molar-refractivity contribution in [3.8, 4) is 5.75 Å². The summed E-state index contributed by atoms with van der Waals surface area (Å²) in [6.45, 7) is -2.94. The van der Waals surface area contributed by atoms with E-state index in [4.69, 9.17) is 5.73 Å². The van der Waals surface area contributed by atoms with Crippen LogP contribution in [-0.4, -0.2) is 17.6 Å². The van der Waals surface area contributed by atoms with Crippen molar-refractivity contribution in [2.24, 2.45) is 5.73 Å². The van der Waals surface area contributed by atoms with Gasteiger partial charge in [0.15, 0.2) is 5.11 Å². The molecule has 0 fully saturated rings. The monoisotopic (exact) mass is 261 g/mol. The van der Waals surface area contributed by atoms with E-state index < -0.39 is 12.5 Å². The predicted molar refractivity (Wildman–Crippen MR) is 60.5 cm³/mol. The van der Waals surface area contributed by atoms with Crippen LogP contribution in [-0.2, 0) is 0 Å². The number of thiocarbonyl (C=S) groups is 1. The third-order valence-electron chi connectivity index (χ3n) is 1.62. The van der Waals surface area contributed by atoms with Crippen LogP contribution < -0.4 is 21.3 Å². The molecule has 92 valence electrons. The largest absolute Gasteiger partial charge is 0.435 e. The minimum atomic E-state index is -2.94. The van der Waals surface area contributed by atoms with Crippen LogP contribution in [0.5, 0.6) is 5.75 Å². The molecule has 0 saturated heterocycles. The second-order valence-corrected chi connectivity index (χ2v) is 3.29. The Morgan fingerprint density at radius 1 is 1.41 bits per heavy atom. The molecule has 1 aromatic carbocycles. The van der Waals surface area contributed by atoms with Gasteiger partial charge in [-0.25, -0.2) is 0 Å². The molecule has 0 aromatic heterocycles. The molecule has 0 bridgehead atoms. The van der Waals surface area contributed by atoms with Gasteiger partial charge in [0.2, 0.25) is 0 Å². The number of nitrogens with one attached hydrogen (secondary N) is 2. The number of ether oxygens (including phenoxy) is 1. The number of benzene rings is 1. The average Bonchev–Trinajstić information content (AvgIpc) is 2.25. The van der Waals surface area contributed by atoms with Crippen molar-refractivity contribution in [3.05, 3.63) is 29.8 Å². The summed E-state index contributed by atoms with van der Waals surface area (Å²) in [5, 5.41) is -0.113. The molecular formula is C9H9F2N3O2S. The first-order chi connectivity index (χ1) is 7.99. The van der Waals surface area contributed by atoms with E-state index in [9.17, 15) is 13.6 Å². The first kappa shape index (κ1) is 13.1. The Hall–Kier alpha value is -1.96. The molecular weight excluding hydrogens is 252 g/mol. The Labute approximate surface area is 101 Å². The van der Waals surface area contributed by atoms with Gasteiger partial charge in [0.1, 0.15) is 5.75 Å². The highest BCUT2D eigenvalue weighted by atomic mass is 32.1. The van der Waals surface area contributed by atoms with Gasteiger partial charge in [-0.1, -0.05) is 6.07 Å². The van der Waals surface area contributed by atoms with Gasteiger partial charge in [-0.05, 0) is 30.4 Å². The summed E-state index contributed by atoms with van der Waals surface area (Å²) in [5.74, 6) is -0.680. The lowest BCUT2D eigenvalue weighted by Crippen LogP contribution is -2.44. The van der Waals surface area contributed by atoms with E-state index in [0.717, 1.165) is 0 Å². The third-order valence-corrected chi connectivity index (χ3v) is 1.72. The average molecular weight is 261 g/mol. The quantitative estimate of drug-likeness (QED) is 0.553. The number of hydrazine groups is 1. The van der Waals surface area contributed by atoms with E-state index in [2.05, 4.69) is 27.8 Å². The number of rotatable bonds is 3. The molecule has 0 heterocycles. The van der Waals surface area contributed by atoms with Crippen molar-refractivity contribution < 1.29 is 18.3 Å². The van der Waals surface area contributed by atoms with Crippen LogP contribution in [0, 0.1) is 0 Å². The van der Waals surface area contributed by atoms with Crippen LogP contribution in [0.2, 0.25) is 0 Å². The molecule has 1 aromatic rings. The highest BCUT2D eigenvalue weighted by Crippen LogP contribution is 2.15. The van der Waals surface area contributed by atoms with Gasteiger partial charge in [-0.2, -0.15) is 8.78 Å². The second kappa shape index (κ2) is 5.94. The van der Waals surface area contributed by atoms with Gasteiger partial charge in [-0.3, -0.25) is 15.6 Å². The maximum atomic E-state index is 11.9. The Balaban J connectivity index is 2.70. The van der Waals surface area contributed by atoms with Crippen molar-refractivity contribution in [1.82, 2.24) is 10.9 Å². The third kappa shape index (κ3) is 4.60. The Morgan fingerprint density at radius 3 is 2.71 bits per heavy atom. The van der Waals surface area contributed by atoms with Gasteiger partial charge in [0.25, 0.3) is 5.91 Å². The second-order valence-electron chi connectivity index (χ2n) is 2.85. The molecule has 1 amide bonds. The summed E-state index contributed by atoms with van der Waals surface area (Å²) in [5.41, 5.74) is 9.63. The predicted octanol–water partition coefficient (Wildman–Crippen LogP) is 0.766. The van der Waals surface area contributed by atoms with Crippen molar-refractivity contribution in [1.29, 1.82) is 0 Å². The van der Waals surface area contributed by atoms with Crippen LogP contribution in [0.15, 0.2) is 24.3 Å². The lowest BCUT2D eigenvalue weighted by Gasteiger charge is -2.08. The lowest BCUT2D eigenvalue weighted by atomic mass is 10.2. The van der Waals surface area contributed by atoms with Crippen LogP contribution in [0.25, 0.3) is 0 Å². The molecule has 0 atom stereocenters. The lowest BCUT2D eigenvalue weighted by molar-refractivity contribution is -0.0498. The Kier molecular flexibility index (Phi) is 4.58. The summed E-state index contributed by atoms with van der Waals surface area (Å²) in [6, 6.07) is 5.31. The number of alkyl halides is 2. The standard InChI is InChI=1S/C9H9F2N3O2S/c10-8(11)16-6-3-1-2-5(4-6)7(15)13-14-9(12)17/h1-4,8H,(H,13,15)(H3,12,14,17). The summed E-state index contributed by atoms with van der Waals surface area (Å²) < 4.78 is 28.0. The molecule has 4 N–H and O–H groups in total. The SMILES string of the molecule is NC(=S)NNC(=O)c1cccc(OC(F)F)c1. The van der Waals surface area contributed by atoms with E-state index in [0.29, 0.717) is 0 Å². The Bertz CT molecular complexity index is 428. The molecule has 8 heteroatoms. The van der Waals surface area contributed by atoms with Gasteiger partial charge < -0.3 is 10.5 Å². The topological polar surface area (TPSA) is 76.4 Å². The summed E-state index contributed by atoms with van der Waals surface area (Å²) >= 11 is 4.47. The molecule has 17 heavy (non-hydrogen) atoms. The molecule has 0 aliphatic rings. The zero-order valence-electron chi connectivity index (χ0n) is 8.44. The minimum absolute atomic E-state index is 0.108. The number of hydrogen-bond donors (Lipinski definition) is 3. The van der Waals surface area contributed by atoms with Gasteiger partial charge in [0, 0.05) is 5.56 Å². The minimum Gasteiger partial charge on any atom is -0.435 e. The number of amides is 1. The number of nitrogens with two attached hydrogens (primary N) is 1. The molecule has 5 nitrogen and oxygen atoms in total. The molecule has 1 rings (SSSR count). The molecule has 0 aliphatic carbocycles. The van der Waals surface area contributed by atoms with Crippen LogP contribution >= 0.6 is 12.2 Å². The van der Waals surface area contributed by atoms with Crippen molar-refractivity contribution in [2.45, 2.75) is 6.61 Å². The van der Waals surface area contributed by atoms with Crippen LogP contribution in [0.1, 0.15) is 10.4 Å². The van der Waals surface area contributed by atoms with Crippen molar-refractivity contribution in [3.63, 3.8) is 0 Å². The first-order valence-corrected chi connectivity index (χ1v) is 4.80. The fourth-order valence-electron chi connectivity index (χ4n) is 1.00. The zero-order valence-corrected chi connectivity index (χ0v) is 9.26. The summed E-state index contributed by atoms with van der Waals surface area (Å²) in [7, 11) is 0. The van der Waals surface area contributed by atoms with E-state index in [1.807, 2.05) is 0 Å². The van der Waals surface area contributed by atoms with Gasteiger partial charge in [0.05, 0.1) is 0 Å². The first-order valence-electron chi connectivity index (χ1n) is 4.39. The van der Waals surface area contributed by atoms with E-state index in [1.165, 1.54) is 24.3 Å². The highest BCUT2D eigenvalue weighted by Gasteiger charge is 2.09. The van der Waals surface area contributed by atoms with Crippen molar-refractivity contribution >= 4 is 23.2 Å². The Morgan fingerprint density at radius 2 is 2.12 bits per heavy atom. The van der Waals surface area contributed by atoms with Gasteiger partial charge in [-0.15, -0.1) is 0 Å².